The van der Waals surface area contributed by atoms with Crippen LogP contribution < -0.4 is 5.32 Å². The number of ether oxygens (including phenoxy) is 1. The van der Waals surface area contributed by atoms with E-state index in [1.807, 2.05) is 0 Å². The standard InChI is InChI=1S/C8H13N3OS/c1-2-7(12-3-1)4-9-5-8-6-10-11-13-8/h6-7,9H,1-5H2. The average molecular weight is 199 g/mol. The molecule has 0 aromatic carbocycles. The van der Waals surface area contributed by atoms with Crippen LogP contribution in [0.25, 0.3) is 0 Å². The first-order chi connectivity index (χ1) is 6.45. The molecule has 0 amide bonds. The van der Waals surface area contributed by atoms with Crippen molar-refractivity contribution in [2.24, 2.45) is 0 Å². The molecule has 2 rings (SSSR count). The molecule has 72 valence electrons. The van der Waals surface area contributed by atoms with Gasteiger partial charge < -0.3 is 10.1 Å². The van der Waals surface area contributed by atoms with Gasteiger partial charge in [-0.25, -0.2) is 0 Å². The first-order valence-electron chi connectivity index (χ1n) is 4.54. The molecule has 1 aliphatic rings. The fraction of sp³-hybridized carbons (Fsp3) is 0.750. The van der Waals surface area contributed by atoms with Crippen molar-refractivity contribution < 1.29 is 4.74 Å². The first kappa shape index (κ1) is 9.05. The van der Waals surface area contributed by atoms with Crippen LogP contribution in [0, 0.1) is 0 Å². The van der Waals surface area contributed by atoms with Gasteiger partial charge in [0, 0.05) is 19.7 Å². The monoisotopic (exact) mass is 199 g/mol. The molecule has 1 aliphatic heterocycles. The van der Waals surface area contributed by atoms with Gasteiger partial charge in [0.15, 0.2) is 0 Å². The number of nitrogens with one attached hydrogen (secondary N) is 1. The molecule has 1 aromatic rings. The first-order valence-corrected chi connectivity index (χ1v) is 5.31. The van der Waals surface area contributed by atoms with Gasteiger partial charge in [-0.2, -0.15) is 0 Å². The van der Waals surface area contributed by atoms with E-state index < -0.39 is 0 Å². The number of aromatic nitrogens is 2. The highest BCUT2D eigenvalue weighted by Gasteiger charge is 2.14. The molecule has 1 fully saturated rings. The molecule has 2 heterocycles. The summed E-state index contributed by atoms with van der Waals surface area (Å²) >= 11 is 1.44. The maximum Gasteiger partial charge on any atom is 0.0700 e. The molecule has 5 heteroatoms. The van der Waals surface area contributed by atoms with E-state index in [2.05, 4.69) is 14.9 Å². The zero-order chi connectivity index (χ0) is 8.93. The second-order valence-electron chi connectivity index (χ2n) is 3.15. The number of rotatable bonds is 4. The minimum absolute atomic E-state index is 0.417. The molecule has 1 atom stereocenters. The smallest absolute Gasteiger partial charge is 0.0700 e. The van der Waals surface area contributed by atoms with Crippen molar-refractivity contribution in [1.82, 2.24) is 14.9 Å². The molecule has 0 aliphatic carbocycles. The fourth-order valence-corrected chi connectivity index (χ4v) is 1.89. The zero-order valence-electron chi connectivity index (χ0n) is 7.40. The van der Waals surface area contributed by atoms with Crippen LogP contribution in [0.15, 0.2) is 6.20 Å². The van der Waals surface area contributed by atoms with E-state index in [1.54, 1.807) is 6.20 Å². The lowest BCUT2D eigenvalue weighted by atomic mass is 10.2. The minimum atomic E-state index is 0.417. The summed E-state index contributed by atoms with van der Waals surface area (Å²) in [6.45, 7) is 2.73. The summed E-state index contributed by atoms with van der Waals surface area (Å²) in [6.07, 6.45) is 4.61. The third-order valence-electron chi connectivity index (χ3n) is 2.10. The van der Waals surface area contributed by atoms with Crippen LogP contribution in [-0.2, 0) is 11.3 Å². The highest BCUT2D eigenvalue weighted by atomic mass is 32.1. The van der Waals surface area contributed by atoms with Gasteiger partial charge in [-0.3, -0.25) is 0 Å². The Hall–Kier alpha value is -0.520. The Morgan fingerprint density at radius 2 is 2.69 bits per heavy atom. The summed E-state index contributed by atoms with van der Waals surface area (Å²) in [7, 11) is 0. The number of nitrogens with zero attached hydrogens (tertiary/aromatic N) is 2. The van der Waals surface area contributed by atoms with E-state index in [-0.39, 0.29) is 0 Å². The van der Waals surface area contributed by atoms with Crippen molar-refractivity contribution in [3.63, 3.8) is 0 Å². The molecule has 0 bridgehead atoms. The van der Waals surface area contributed by atoms with Gasteiger partial charge in [-0.05, 0) is 24.4 Å². The van der Waals surface area contributed by atoms with Gasteiger partial charge in [0.1, 0.15) is 0 Å². The third-order valence-corrected chi connectivity index (χ3v) is 2.76. The summed E-state index contributed by atoms with van der Waals surface area (Å²) in [6, 6.07) is 0. The highest BCUT2D eigenvalue weighted by Crippen LogP contribution is 2.10. The summed E-state index contributed by atoms with van der Waals surface area (Å²) in [5.41, 5.74) is 0. The Kier molecular flexibility index (Phi) is 3.23. The number of hydrogen-bond donors (Lipinski definition) is 1. The predicted octanol–water partition coefficient (Wildman–Crippen LogP) is 0.807. The molecule has 1 N–H and O–H groups in total. The van der Waals surface area contributed by atoms with Crippen LogP contribution in [0.1, 0.15) is 17.7 Å². The van der Waals surface area contributed by atoms with Crippen LogP contribution in [0.2, 0.25) is 0 Å². The van der Waals surface area contributed by atoms with Crippen LogP contribution in [-0.4, -0.2) is 28.8 Å². The Labute approximate surface area is 81.5 Å². The van der Waals surface area contributed by atoms with E-state index in [9.17, 15) is 0 Å². The fourth-order valence-electron chi connectivity index (χ4n) is 1.43. The summed E-state index contributed by atoms with van der Waals surface area (Å²) in [5, 5.41) is 7.11. The van der Waals surface area contributed by atoms with Crippen molar-refractivity contribution in [1.29, 1.82) is 0 Å². The summed E-state index contributed by atoms with van der Waals surface area (Å²) < 4.78 is 9.28. The van der Waals surface area contributed by atoms with Crippen molar-refractivity contribution in [2.45, 2.75) is 25.5 Å². The quantitative estimate of drug-likeness (QED) is 0.779. The van der Waals surface area contributed by atoms with E-state index in [0.29, 0.717) is 6.10 Å². The van der Waals surface area contributed by atoms with Gasteiger partial charge in [-0.1, -0.05) is 4.49 Å². The van der Waals surface area contributed by atoms with E-state index in [0.717, 1.165) is 19.7 Å². The Bertz CT molecular complexity index is 234. The van der Waals surface area contributed by atoms with Gasteiger partial charge in [0.05, 0.1) is 17.2 Å². The van der Waals surface area contributed by atoms with Crippen molar-refractivity contribution in [3.05, 3.63) is 11.1 Å². The lowest BCUT2D eigenvalue weighted by molar-refractivity contribution is 0.110. The second-order valence-corrected chi connectivity index (χ2v) is 4.02. The largest absolute Gasteiger partial charge is 0.377 e. The number of hydrogen-bond acceptors (Lipinski definition) is 5. The van der Waals surface area contributed by atoms with E-state index in [4.69, 9.17) is 4.74 Å². The molecule has 4 nitrogen and oxygen atoms in total. The summed E-state index contributed by atoms with van der Waals surface area (Å²) in [4.78, 5) is 1.18. The van der Waals surface area contributed by atoms with Gasteiger partial charge in [-0.15, -0.1) is 5.10 Å². The molecule has 0 spiro atoms. The molecular weight excluding hydrogens is 186 g/mol. The van der Waals surface area contributed by atoms with Gasteiger partial charge >= 0.3 is 0 Å². The van der Waals surface area contributed by atoms with Crippen LogP contribution >= 0.6 is 11.5 Å². The van der Waals surface area contributed by atoms with Crippen LogP contribution in [0.5, 0.6) is 0 Å². The highest BCUT2D eigenvalue weighted by molar-refractivity contribution is 7.05. The average Bonchev–Trinajstić information content (AvgIpc) is 2.75. The lowest BCUT2D eigenvalue weighted by Crippen LogP contribution is -2.25. The maximum absolute atomic E-state index is 5.48. The SMILES string of the molecule is c1nnsc1CNCC1CCCO1. The Balaban J connectivity index is 1.63. The second kappa shape index (κ2) is 4.64. The third kappa shape index (κ3) is 2.72. The molecular formula is C8H13N3OS. The minimum Gasteiger partial charge on any atom is -0.377 e. The predicted molar refractivity (Wildman–Crippen MR) is 50.6 cm³/mol. The topological polar surface area (TPSA) is 47.0 Å². The molecule has 1 saturated heterocycles. The zero-order valence-corrected chi connectivity index (χ0v) is 8.22. The van der Waals surface area contributed by atoms with Crippen LogP contribution in [0.4, 0.5) is 0 Å². The lowest BCUT2D eigenvalue weighted by Gasteiger charge is -2.08. The maximum atomic E-state index is 5.48. The molecule has 0 saturated carbocycles. The molecule has 13 heavy (non-hydrogen) atoms. The van der Waals surface area contributed by atoms with Crippen molar-refractivity contribution in [3.8, 4) is 0 Å². The molecule has 1 unspecified atom stereocenters. The molecule has 0 radical (unpaired) electrons. The Morgan fingerprint density at radius 3 is 3.38 bits per heavy atom. The Morgan fingerprint density at radius 1 is 1.69 bits per heavy atom. The molecule has 1 aromatic heterocycles. The van der Waals surface area contributed by atoms with E-state index >= 15 is 0 Å². The van der Waals surface area contributed by atoms with Crippen molar-refractivity contribution >= 4 is 11.5 Å². The van der Waals surface area contributed by atoms with Crippen molar-refractivity contribution in [2.75, 3.05) is 13.2 Å². The summed E-state index contributed by atoms with van der Waals surface area (Å²) in [5.74, 6) is 0. The normalized spacial score (nSPS) is 22.3. The van der Waals surface area contributed by atoms with Gasteiger partial charge in [0.2, 0.25) is 0 Å². The van der Waals surface area contributed by atoms with Crippen LogP contribution in [0.3, 0.4) is 0 Å². The van der Waals surface area contributed by atoms with E-state index in [1.165, 1.54) is 29.3 Å². The van der Waals surface area contributed by atoms with Gasteiger partial charge in [0.25, 0.3) is 0 Å².